The molecule has 6 rings (SSSR count). The second-order valence-corrected chi connectivity index (χ2v) is 7.32. The Bertz CT molecular complexity index is 1590. The Labute approximate surface area is 162 Å². The molecule has 0 aliphatic carbocycles. The van der Waals surface area contributed by atoms with Crippen molar-refractivity contribution in [2.24, 2.45) is 12.9 Å². The van der Waals surface area contributed by atoms with E-state index in [1.807, 2.05) is 11.6 Å². The first-order valence-electron chi connectivity index (χ1n) is 8.93. The number of phenolic OH excluding ortho intramolecular Hbond substituents is 2. The van der Waals surface area contributed by atoms with Gasteiger partial charge in [-0.3, -0.25) is 9.59 Å². The minimum absolute atomic E-state index is 0.0515. The van der Waals surface area contributed by atoms with Gasteiger partial charge in [0.05, 0.1) is 27.7 Å². The third kappa shape index (κ3) is 1.72. The number of nitrogens with zero attached hydrogens (tertiary/aromatic N) is 2. The Kier molecular flexibility index (Phi) is 2.68. The molecule has 2 aromatic heterocycles. The fourth-order valence-electron chi connectivity index (χ4n) is 4.60. The van der Waals surface area contributed by atoms with Gasteiger partial charge >= 0.3 is 0 Å². The van der Waals surface area contributed by atoms with E-state index in [0.717, 1.165) is 10.9 Å². The summed E-state index contributed by atoms with van der Waals surface area (Å²) in [6.07, 6.45) is 0. The molecule has 0 atom stereocenters. The van der Waals surface area contributed by atoms with Crippen LogP contribution in [0.2, 0.25) is 0 Å². The van der Waals surface area contributed by atoms with E-state index in [2.05, 4.69) is 4.98 Å². The van der Waals surface area contributed by atoms with Gasteiger partial charge in [0.25, 0.3) is 11.8 Å². The number of aromatic hydroxyl groups is 2. The highest BCUT2D eigenvalue weighted by molar-refractivity contribution is 6.39. The highest BCUT2D eigenvalue weighted by Gasteiger charge is 2.40. The van der Waals surface area contributed by atoms with Gasteiger partial charge in [0.15, 0.2) is 0 Å². The minimum Gasteiger partial charge on any atom is -0.508 e. The number of benzene rings is 3. The SMILES string of the molecule is Cn1c2cc(O)ccc2c2c3c(c4c5cc(O)ccc5[nH]c4c21)C(=O)N(N)C3=O. The Morgan fingerprint density at radius 3 is 2.31 bits per heavy atom. The largest absolute Gasteiger partial charge is 0.508 e. The number of nitrogens with two attached hydrogens (primary N) is 1. The second kappa shape index (κ2) is 4.86. The fourth-order valence-corrected chi connectivity index (χ4v) is 4.60. The van der Waals surface area contributed by atoms with E-state index in [1.165, 1.54) is 0 Å². The van der Waals surface area contributed by atoms with Gasteiger partial charge in [-0.1, -0.05) is 0 Å². The molecule has 5 N–H and O–H groups in total. The van der Waals surface area contributed by atoms with Crippen molar-refractivity contribution >= 4 is 55.4 Å². The van der Waals surface area contributed by atoms with Crippen LogP contribution >= 0.6 is 0 Å². The number of amides is 2. The number of carbonyl (C=O) groups excluding carboxylic acids is 2. The molecule has 0 spiro atoms. The van der Waals surface area contributed by atoms with E-state index in [1.54, 1.807) is 36.4 Å². The number of H-pyrrole nitrogens is 1. The van der Waals surface area contributed by atoms with Crippen molar-refractivity contribution < 1.29 is 19.8 Å². The average molecular weight is 386 g/mol. The van der Waals surface area contributed by atoms with Crippen LogP contribution in [0.5, 0.6) is 11.5 Å². The summed E-state index contributed by atoms with van der Waals surface area (Å²) in [6, 6.07) is 9.72. The van der Waals surface area contributed by atoms with Gasteiger partial charge in [0.1, 0.15) is 11.5 Å². The molecule has 8 nitrogen and oxygen atoms in total. The van der Waals surface area contributed by atoms with Gasteiger partial charge in [0.2, 0.25) is 0 Å². The molecule has 1 aliphatic rings. The van der Waals surface area contributed by atoms with Crippen molar-refractivity contribution in [3.63, 3.8) is 0 Å². The van der Waals surface area contributed by atoms with Crippen molar-refractivity contribution in [1.29, 1.82) is 0 Å². The molecule has 0 radical (unpaired) electrons. The maximum absolute atomic E-state index is 13.0. The summed E-state index contributed by atoms with van der Waals surface area (Å²) >= 11 is 0. The molecule has 5 aromatic rings. The Morgan fingerprint density at radius 2 is 1.55 bits per heavy atom. The minimum atomic E-state index is -0.586. The van der Waals surface area contributed by atoms with Crippen LogP contribution in [0.1, 0.15) is 20.7 Å². The summed E-state index contributed by atoms with van der Waals surface area (Å²) in [5.41, 5.74) is 3.27. The molecular formula is C21H14N4O4. The number of hydrogen-bond donors (Lipinski definition) is 4. The van der Waals surface area contributed by atoms with E-state index in [4.69, 9.17) is 5.84 Å². The number of hydrogen-bond acceptors (Lipinski definition) is 5. The van der Waals surface area contributed by atoms with Crippen molar-refractivity contribution in [1.82, 2.24) is 14.6 Å². The molecule has 8 heteroatoms. The van der Waals surface area contributed by atoms with Crippen LogP contribution in [0, 0.1) is 0 Å². The number of aryl methyl sites for hydroxylation is 1. The van der Waals surface area contributed by atoms with Crippen LogP contribution in [0.15, 0.2) is 36.4 Å². The molecule has 3 heterocycles. The smallest absolute Gasteiger partial charge is 0.276 e. The van der Waals surface area contributed by atoms with Crippen LogP contribution < -0.4 is 5.84 Å². The summed E-state index contributed by atoms with van der Waals surface area (Å²) in [5, 5.41) is 23.1. The number of carbonyl (C=O) groups is 2. The van der Waals surface area contributed by atoms with Crippen LogP contribution in [0.25, 0.3) is 43.6 Å². The summed E-state index contributed by atoms with van der Waals surface area (Å²) < 4.78 is 1.87. The molecule has 0 saturated carbocycles. The second-order valence-electron chi connectivity index (χ2n) is 7.32. The van der Waals surface area contributed by atoms with Crippen molar-refractivity contribution in [3.05, 3.63) is 47.5 Å². The third-order valence-corrected chi connectivity index (χ3v) is 5.82. The Morgan fingerprint density at radius 1 is 0.897 bits per heavy atom. The molecule has 1 aliphatic heterocycles. The number of nitrogens with one attached hydrogen (secondary N) is 1. The number of rotatable bonds is 0. The van der Waals surface area contributed by atoms with E-state index >= 15 is 0 Å². The molecular weight excluding hydrogens is 372 g/mol. The van der Waals surface area contributed by atoms with E-state index in [9.17, 15) is 19.8 Å². The number of phenols is 2. The van der Waals surface area contributed by atoms with Crippen molar-refractivity contribution in [3.8, 4) is 11.5 Å². The van der Waals surface area contributed by atoms with Crippen LogP contribution in [-0.2, 0) is 7.05 Å². The van der Waals surface area contributed by atoms with Gasteiger partial charge in [-0.05, 0) is 30.3 Å². The standard InChI is InChI=1S/C21H14N4O4/c1-24-13-7-9(27)2-4-10(13)15-17-16(20(28)25(22)21(17)29)14-11-6-8(26)3-5-12(11)23-18(14)19(15)24/h2-7,23,26-27H,22H2,1H3. The number of hydrazine groups is 1. The van der Waals surface area contributed by atoms with Crippen LogP contribution in [0.4, 0.5) is 0 Å². The summed E-state index contributed by atoms with van der Waals surface area (Å²) in [7, 11) is 1.83. The lowest BCUT2D eigenvalue weighted by Gasteiger charge is -2.04. The molecule has 29 heavy (non-hydrogen) atoms. The zero-order valence-corrected chi connectivity index (χ0v) is 15.1. The van der Waals surface area contributed by atoms with Gasteiger partial charge in [0, 0.05) is 40.2 Å². The van der Waals surface area contributed by atoms with Crippen LogP contribution in [0.3, 0.4) is 0 Å². The number of aromatic amines is 1. The maximum atomic E-state index is 13.0. The first-order chi connectivity index (χ1) is 13.9. The predicted molar refractivity (Wildman–Crippen MR) is 108 cm³/mol. The highest BCUT2D eigenvalue weighted by atomic mass is 16.3. The van der Waals surface area contributed by atoms with E-state index < -0.39 is 11.8 Å². The summed E-state index contributed by atoms with van der Waals surface area (Å²) in [6.45, 7) is 0. The molecule has 3 aromatic carbocycles. The predicted octanol–water partition coefficient (Wildman–Crippen LogP) is 2.85. The Balaban J connectivity index is 2.02. The Hall–Kier alpha value is -4.04. The zero-order chi connectivity index (χ0) is 20.2. The molecule has 142 valence electrons. The maximum Gasteiger partial charge on any atom is 0.276 e. The number of imide groups is 1. The van der Waals surface area contributed by atoms with E-state index in [-0.39, 0.29) is 22.6 Å². The number of aromatic nitrogens is 2. The first kappa shape index (κ1) is 16.0. The van der Waals surface area contributed by atoms with Gasteiger partial charge in [-0.2, -0.15) is 0 Å². The van der Waals surface area contributed by atoms with Crippen LogP contribution in [-0.4, -0.2) is 36.6 Å². The van der Waals surface area contributed by atoms with Gasteiger partial charge in [-0.25, -0.2) is 10.9 Å². The summed E-state index contributed by atoms with van der Waals surface area (Å²) in [4.78, 5) is 29.2. The summed E-state index contributed by atoms with van der Waals surface area (Å²) in [5.74, 6) is 4.79. The van der Waals surface area contributed by atoms with Crippen molar-refractivity contribution in [2.75, 3.05) is 0 Å². The monoisotopic (exact) mass is 386 g/mol. The zero-order valence-electron chi connectivity index (χ0n) is 15.1. The fraction of sp³-hybridized carbons (Fsp3) is 0.0476. The van der Waals surface area contributed by atoms with Gasteiger partial charge < -0.3 is 19.8 Å². The topological polar surface area (TPSA) is 125 Å². The number of fused-ring (bicyclic) bond motifs is 10. The molecule has 2 amide bonds. The lowest BCUT2D eigenvalue weighted by atomic mass is 9.96. The molecule has 0 unspecified atom stereocenters. The highest BCUT2D eigenvalue weighted by Crippen LogP contribution is 2.44. The normalized spacial score (nSPS) is 14.2. The first-order valence-corrected chi connectivity index (χ1v) is 8.93. The molecule has 0 bridgehead atoms. The molecule has 0 fully saturated rings. The quantitative estimate of drug-likeness (QED) is 0.185. The molecule has 0 saturated heterocycles. The average Bonchev–Trinajstić information content (AvgIpc) is 3.27. The third-order valence-electron chi connectivity index (χ3n) is 5.82. The lowest BCUT2D eigenvalue weighted by molar-refractivity contribution is 0.0655. The van der Waals surface area contributed by atoms with Gasteiger partial charge in [-0.15, -0.1) is 0 Å². The van der Waals surface area contributed by atoms with Crippen molar-refractivity contribution in [2.45, 2.75) is 0 Å². The van der Waals surface area contributed by atoms with E-state index in [0.29, 0.717) is 37.7 Å². The lowest BCUT2D eigenvalue weighted by Crippen LogP contribution is -2.36.